The van der Waals surface area contributed by atoms with E-state index in [4.69, 9.17) is 9.47 Å². The fourth-order valence-corrected chi connectivity index (χ4v) is 2.71. The highest BCUT2D eigenvalue weighted by atomic mass is 16.5. The Morgan fingerprint density at radius 3 is 3.00 bits per heavy atom. The highest BCUT2D eigenvalue weighted by Crippen LogP contribution is 2.24. The maximum absolute atomic E-state index is 12.5. The summed E-state index contributed by atoms with van der Waals surface area (Å²) in [6.45, 7) is 1.96. The van der Waals surface area contributed by atoms with Crippen molar-refractivity contribution in [2.45, 2.75) is 31.8 Å². The van der Waals surface area contributed by atoms with Gasteiger partial charge in [0.2, 0.25) is 5.88 Å². The molecule has 0 bridgehead atoms. The van der Waals surface area contributed by atoms with E-state index >= 15 is 0 Å². The molecule has 1 saturated heterocycles. The van der Waals surface area contributed by atoms with Crippen LogP contribution in [0.15, 0.2) is 6.07 Å². The zero-order valence-electron chi connectivity index (χ0n) is 11.4. The fraction of sp³-hybridized carbons (Fsp3) is 0.615. The number of ether oxygens (including phenoxy) is 2. The van der Waals surface area contributed by atoms with Crippen LogP contribution in [0, 0.1) is 0 Å². The smallest absolute Gasteiger partial charge is 0.328 e. The van der Waals surface area contributed by atoms with Gasteiger partial charge < -0.3 is 14.4 Å². The molecular formula is C13H17N3O4. The number of esters is 1. The van der Waals surface area contributed by atoms with E-state index in [1.807, 2.05) is 0 Å². The second kappa shape index (κ2) is 5.15. The van der Waals surface area contributed by atoms with Gasteiger partial charge in [0.05, 0.1) is 13.7 Å². The normalized spacial score (nSPS) is 21.2. The second-order valence-electron chi connectivity index (χ2n) is 4.97. The van der Waals surface area contributed by atoms with Gasteiger partial charge in [0.1, 0.15) is 6.04 Å². The fourth-order valence-electron chi connectivity index (χ4n) is 2.71. The number of methoxy groups -OCH3 is 1. The van der Waals surface area contributed by atoms with Crippen LogP contribution in [0.5, 0.6) is 5.88 Å². The van der Waals surface area contributed by atoms with Crippen LogP contribution in [0.3, 0.4) is 0 Å². The maximum atomic E-state index is 12.5. The van der Waals surface area contributed by atoms with Gasteiger partial charge in [-0.05, 0) is 12.8 Å². The number of carbonyl (C=O) groups is 2. The number of likely N-dealkylation sites (tertiary alicyclic amines) is 1. The van der Waals surface area contributed by atoms with Crippen molar-refractivity contribution in [1.82, 2.24) is 14.7 Å². The third-order valence-corrected chi connectivity index (χ3v) is 3.71. The van der Waals surface area contributed by atoms with E-state index < -0.39 is 6.04 Å². The molecule has 1 aromatic heterocycles. The maximum Gasteiger partial charge on any atom is 0.328 e. The number of fused-ring (bicyclic) bond motifs is 1. The van der Waals surface area contributed by atoms with Gasteiger partial charge in [-0.2, -0.15) is 5.10 Å². The number of amides is 1. The summed E-state index contributed by atoms with van der Waals surface area (Å²) in [5, 5.41) is 4.26. The summed E-state index contributed by atoms with van der Waals surface area (Å²) in [6.07, 6.45) is 2.33. The molecule has 1 amide bonds. The standard InChI is InChI=1S/C13H17N3O4/c1-19-13(18)10-4-2-5-15(10)12(17)9-8-11-16(14-9)6-3-7-20-11/h8,10H,2-7H2,1H3/t10-/m1/s1. The van der Waals surface area contributed by atoms with Crippen LogP contribution >= 0.6 is 0 Å². The Hall–Kier alpha value is -2.05. The van der Waals surface area contributed by atoms with Gasteiger partial charge in [0.25, 0.3) is 5.91 Å². The van der Waals surface area contributed by atoms with Gasteiger partial charge in [-0.3, -0.25) is 4.79 Å². The average Bonchev–Trinajstić information content (AvgIpc) is 3.11. The van der Waals surface area contributed by atoms with Gasteiger partial charge in [0.15, 0.2) is 5.69 Å². The molecule has 0 radical (unpaired) electrons. The van der Waals surface area contributed by atoms with E-state index in [1.54, 1.807) is 15.6 Å². The summed E-state index contributed by atoms with van der Waals surface area (Å²) in [5.74, 6) is 0.0212. The first-order valence-corrected chi connectivity index (χ1v) is 6.80. The van der Waals surface area contributed by atoms with Crippen LogP contribution in [0.25, 0.3) is 0 Å². The van der Waals surface area contributed by atoms with E-state index in [0.29, 0.717) is 31.1 Å². The van der Waals surface area contributed by atoms with Crippen LogP contribution < -0.4 is 4.74 Å². The van der Waals surface area contributed by atoms with Crippen molar-refractivity contribution in [3.05, 3.63) is 11.8 Å². The monoisotopic (exact) mass is 279 g/mol. The van der Waals surface area contributed by atoms with Crippen LogP contribution in [-0.4, -0.2) is 52.9 Å². The highest BCUT2D eigenvalue weighted by Gasteiger charge is 2.36. The molecule has 20 heavy (non-hydrogen) atoms. The number of aromatic nitrogens is 2. The molecule has 1 atom stereocenters. The third-order valence-electron chi connectivity index (χ3n) is 3.71. The first-order valence-electron chi connectivity index (χ1n) is 6.80. The SMILES string of the molecule is COC(=O)[C@H]1CCCN1C(=O)c1cc2n(n1)CCCO2. The first-order chi connectivity index (χ1) is 9.70. The van der Waals surface area contributed by atoms with Gasteiger partial charge in [-0.1, -0.05) is 0 Å². The number of hydrogen-bond donors (Lipinski definition) is 0. The lowest BCUT2D eigenvalue weighted by atomic mass is 10.2. The lowest BCUT2D eigenvalue weighted by Crippen LogP contribution is -2.41. The molecule has 0 aliphatic carbocycles. The number of hydrogen-bond acceptors (Lipinski definition) is 5. The summed E-state index contributed by atoms with van der Waals surface area (Å²) in [5.41, 5.74) is 0.331. The highest BCUT2D eigenvalue weighted by molar-refractivity contribution is 5.95. The largest absolute Gasteiger partial charge is 0.478 e. The molecule has 0 saturated carbocycles. The molecule has 1 aromatic rings. The van der Waals surface area contributed by atoms with Gasteiger partial charge in [0, 0.05) is 25.6 Å². The van der Waals surface area contributed by atoms with Crippen molar-refractivity contribution in [2.24, 2.45) is 0 Å². The summed E-state index contributed by atoms with van der Waals surface area (Å²) < 4.78 is 11.9. The molecule has 1 fully saturated rings. The Labute approximate surface area is 116 Å². The number of carbonyl (C=O) groups excluding carboxylic acids is 2. The quantitative estimate of drug-likeness (QED) is 0.735. The molecule has 3 rings (SSSR count). The predicted molar refractivity (Wildman–Crippen MR) is 68.4 cm³/mol. The van der Waals surface area contributed by atoms with Crippen molar-refractivity contribution >= 4 is 11.9 Å². The second-order valence-corrected chi connectivity index (χ2v) is 4.97. The van der Waals surface area contributed by atoms with Crippen molar-refractivity contribution < 1.29 is 19.1 Å². The third kappa shape index (κ3) is 2.13. The lowest BCUT2D eigenvalue weighted by molar-refractivity contribution is -0.145. The van der Waals surface area contributed by atoms with E-state index in [2.05, 4.69) is 5.10 Å². The Bertz CT molecular complexity index is 516. The van der Waals surface area contributed by atoms with Gasteiger partial charge in [-0.15, -0.1) is 0 Å². The molecular weight excluding hydrogens is 262 g/mol. The minimum atomic E-state index is -0.493. The minimum absolute atomic E-state index is 0.233. The molecule has 0 spiro atoms. The Balaban J connectivity index is 1.81. The van der Waals surface area contributed by atoms with Gasteiger partial charge >= 0.3 is 5.97 Å². The van der Waals surface area contributed by atoms with Crippen LogP contribution in [-0.2, 0) is 16.1 Å². The molecule has 7 heteroatoms. The summed E-state index contributed by atoms with van der Waals surface area (Å²) in [7, 11) is 1.34. The molecule has 0 N–H and O–H groups in total. The molecule has 2 aliphatic rings. The topological polar surface area (TPSA) is 73.7 Å². The van der Waals surface area contributed by atoms with E-state index in [1.165, 1.54) is 7.11 Å². The van der Waals surface area contributed by atoms with Crippen LogP contribution in [0.4, 0.5) is 0 Å². The average molecular weight is 279 g/mol. The Kier molecular flexibility index (Phi) is 3.33. The summed E-state index contributed by atoms with van der Waals surface area (Å²) >= 11 is 0. The minimum Gasteiger partial charge on any atom is -0.478 e. The zero-order valence-corrected chi connectivity index (χ0v) is 11.4. The molecule has 108 valence electrons. The summed E-state index contributed by atoms with van der Waals surface area (Å²) in [6, 6.07) is 1.15. The van der Waals surface area contributed by atoms with Crippen LogP contribution in [0.1, 0.15) is 29.8 Å². The molecule has 3 heterocycles. The van der Waals surface area contributed by atoms with Crippen molar-refractivity contribution in [3.8, 4) is 5.88 Å². The number of rotatable bonds is 2. The van der Waals surface area contributed by atoms with E-state index in [9.17, 15) is 9.59 Å². The van der Waals surface area contributed by atoms with E-state index in [0.717, 1.165) is 19.4 Å². The molecule has 2 aliphatic heterocycles. The lowest BCUT2D eigenvalue weighted by Gasteiger charge is -2.21. The van der Waals surface area contributed by atoms with E-state index in [-0.39, 0.29) is 11.9 Å². The van der Waals surface area contributed by atoms with Crippen molar-refractivity contribution in [1.29, 1.82) is 0 Å². The van der Waals surface area contributed by atoms with Crippen molar-refractivity contribution in [2.75, 3.05) is 20.3 Å². The first kappa shape index (κ1) is 13.0. The molecule has 0 unspecified atom stereocenters. The Morgan fingerprint density at radius 2 is 2.25 bits per heavy atom. The van der Waals surface area contributed by atoms with Crippen LogP contribution in [0.2, 0.25) is 0 Å². The summed E-state index contributed by atoms with van der Waals surface area (Å²) in [4.78, 5) is 25.7. The molecule has 7 nitrogen and oxygen atoms in total. The molecule has 0 aromatic carbocycles. The van der Waals surface area contributed by atoms with Gasteiger partial charge in [-0.25, -0.2) is 9.48 Å². The number of nitrogens with zero attached hydrogens (tertiary/aromatic N) is 3. The number of aryl methyl sites for hydroxylation is 1. The van der Waals surface area contributed by atoms with Crippen molar-refractivity contribution in [3.63, 3.8) is 0 Å². The zero-order chi connectivity index (χ0) is 14.1. The Morgan fingerprint density at radius 1 is 1.40 bits per heavy atom. The predicted octanol–water partition coefficient (Wildman–Crippen LogP) is 0.443.